The third-order valence-corrected chi connectivity index (χ3v) is 4.05. The molecule has 0 radical (unpaired) electrons. The zero-order valence-corrected chi connectivity index (χ0v) is 12.6. The second kappa shape index (κ2) is 7.31. The molecule has 2 N–H and O–H groups in total. The molecule has 1 aromatic carbocycles. The van der Waals surface area contributed by atoms with Crippen molar-refractivity contribution in [1.82, 2.24) is 5.32 Å². The number of carbonyl (C=O) groups is 1. The molecule has 1 aliphatic carbocycles. The highest BCUT2D eigenvalue weighted by Crippen LogP contribution is 2.25. The van der Waals surface area contributed by atoms with Crippen molar-refractivity contribution in [3.63, 3.8) is 0 Å². The number of hydrogen-bond donors (Lipinski definition) is 2. The summed E-state index contributed by atoms with van der Waals surface area (Å²) in [4.78, 5) is 12.3. The van der Waals surface area contributed by atoms with Gasteiger partial charge in [0.2, 0.25) is 0 Å². The molecule has 1 aliphatic rings. The van der Waals surface area contributed by atoms with Crippen LogP contribution in [0.1, 0.15) is 36.0 Å². The van der Waals surface area contributed by atoms with E-state index in [0.717, 1.165) is 25.7 Å². The Kier molecular flexibility index (Phi) is 5.44. The Labute approximate surface area is 125 Å². The van der Waals surface area contributed by atoms with Gasteiger partial charge in [-0.3, -0.25) is 4.79 Å². The maximum Gasteiger partial charge on any atom is 0.255 e. The van der Waals surface area contributed by atoms with E-state index in [2.05, 4.69) is 5.32 Å². The van der Waals surface area contributed by atoms with Crippen molar-refractivity contribution in [2.75, 3.05) is 20.8 Å². The Balaban J connectivity index is 2.02. The molecule has 21 heavy (non-hydrogen) atoms. The van der Waals surface area contributed by atoms with Crippen molar-refractivity contribution in [2.24, 2.45) is 5.92 Å². The smallest absolute Gasteiger partial charge is 0.255 e. The van der Waals surface area contributed by atoms with Crippen LogP contribution in [0, 0.1) is 5.92 Å². The van der Waals surface area contributed by atoms with E-state index < -0.39 is 0 Å². The average Bonchev–Trinajstić information content (AvgIpc) is 2.53. The number of nitrogens with one attached hydrogen (secondary N) is 1. The van der Waals surface area contributed by atoms with E-state index in [0.29, 0.717) is 23.6 Å². The molecular formula is C16H23NO4. The van der Waals surface area contributed by atoms with Gasteiger partial charge in [0.1, 0.15) is 11.5 Å². The van der Waals surface area contributed by atoms with Crippen LogP contribution in [-0.4, -0.2) is 37.9 Å². The molecule has 0 bridgehead atoms. The van der Waals surface area contributed by atoms with Crippen molar-refractivity contribution in [3.8, 4) is 11.5 Å². The topological polar surface area (TPSA) is 67.8 Å². The standard InChI is InChI=1S/C16H23NO4/c1-20-12-7-8-15(21-2)13(9-12)16(19)17-10-11-5-3-4-6-14(11)18/h7-9,11,14,18H,3-6,10H2,1-2H3,(H,17,19). The molecule has 1 amide bonds. The summed E-state index contributed by atoms with van der Waals surface area (Å²) >= 11 is 0. The van der Waals surface area contributed by atoms with Crippen LogP contribution in [0.4, 0.5) is 0 Å². The average molecular weight is 293 g/mol. The van der Waals surface area contributed by atoms with Crippen LogP contribution in [0.15, 0.2) is 18.2 Å². The van der Waals surface area contributed by atoms with Gasteiger partial charge in [-0.15, -0.1) is 0 Å². The van der Waals surface area contributed by atoms with Crippen molar-refractivity contribution >= 4 is 5.91 Å². The summed E-state index contributed by atoms with van der Waals surface area (Å²) in [6.45, 7) is 0.486. The fourth-order valence-corrected chi connectivity index (χ4v) is 2.74. The van der Waals surface area contributed by atoms with Crippen molar-refractivity contribution < 1.29 is 19.4 Å². The van der Waals surface area contributed by atoms with Gasteiger partial charge in [-0.2, -0.15) is 0 Å². The number of methoxy groups -OCH3 is 2. The van der Waals surface area contributed by atoms with Gasteiger partial charge in [-0.05, 0) is 31.0 Å². The van der Waals surface area contributed by atoms with E-state index in [9.17, 15) is 9.90 Å². The van der Waals surface area contributed by atoms with Gasteiger partial charge in [-0.25, -0.2) is 0 Å². The molecule has 5 heteroatoms. The number of aliphatic hydroxyl groups excluding tert-OH is 1. The first-order valence-electron chi connectivity index (χ1n) is 7.34. The van der Waals surface area contributed by atoms with Gasteiger partial charge >= 0.3 is 0 Å². The van der Waals surface area contributed by atoms with Gasteiger partial charge in [0.15, 0.2) is 0 Å². The first-order chi connectivity index (χ1) is 10.2. The van der Waals surface area contributed by atoms with Crippen molar-refractivity contribution in [2.45, 2.75) is 31.8 Å². The normalized spacial score (nSPS) is 21.7. The maximum absolute atomic E-state index is 12.3. The minimum absolute atomic E-state index is 0.138. The molecule has 5 nitrogen and oxygen atoms in total. The molecular weight excluding hydrogens is 270 g/mol. The van der Waals surface area contributed by atoms with Crippen LogP contribution in [0.25, 0.3) is 0 Å². The Hall–Kier alpha value is -1.75. The molecule has 1 fully saturated rings. The van der Waals surface area contributed by atoms with Crippen LogP contribution >= 0.6 is 0 Å². The second-order valence-corrected chi connectivity index (χ2v) is 5.39. The first kappa shape index (κ1) is 15.6. The molecule has 1 aromatic rings. The number of aliphatic hydroxyl groups is 1. The van der Waals surface area contributed by atoms with Gasteiger partial charge in [0.25, 0.3) is 5.91 Å². The number of carbonyl (C=O) groups excluding carboxylic acids is 1. The Morgan fingerprint density at radius 1 is 1.29 bits per heavy atom. The van der Waals surface area contributed by atoms with E-state index in [4.69, 9.17) is 9.47 Å². The molecule has 116 valence electrons. The van der Waals surface area contributed by atoms with E-state index in [1.165, 1.54) is 7.11 Å². The number of amides is 1. The molecule has 0 heterocycles. The quantitative estimate of drug-likeness (QED) is 0.871. The summed E-state index contributed by atoms with van der Waals surface area (Å²) in [7, 11) is 3.09. The Morgan fingerprint density at radius 2 is 2.05 bits per heavy atom. The number of benzene rings is 1. The molecule has 0 spiro atoms. The SMILES string of the molecule is COc1ccc(OC)c(C(=O)NCC2CCCCC2O)c1. The highest BCUT2D eigenvalue weighted by molar-refractivity contribution is 5.97. The first-order valence-corrected chi connectivity index (χ1v) is 7.34. The van der Waals surface area contributed by atoms with Crippen LogP contribution < -0.4 is 14.8 Å². The highest BCUT2D eigenvalue weighted by atomic mass is 16.5. The fraction of sp³-hybridized carbons (Fsp3) is 0.562. The molecule has 0 aromatic heterocycles. The largest absolute Gasteiger partial charge is 0.497 e. The van der Waals surface area contributed by atoms with Gasteiger partial charge in [-0.1, -0.05) is 12.8 Å². The summed E-state index contributed by atoms with van der Waals surface area (Å²) < 4.78 is 10.4. The summed E-state index contributed by atoms with van der Waals surface area (Å²) in [6.07, 6.45) is 3.64. The minimum Gasteiger partial charge on any atom is -0.497 e. The molecule has 2 atom stereocenters. The summed E-state index contributed by atoms with van der Waals surface area (Å²) in [6, 6.07) is 5.12. The van der Waals surface area contributed by atoms with Crippen LogP contribution in [-0.2, 0) is 0 Å². The fourth-order valence-electron chi connectivity index (χ4n) is 2.74. The summed E-state index contributed by atoms with van der Waals surface area (Å²) in [5, 5.41) is 12.8. The molecule has 2 rings (SSSR count). The van der Waals surface area contributed by atoms with Gasteiger partial charge < -0.3 is 19.9 Å². The highest BCUT2D eigenvalue weighted by Gasteiger charge is 2.24. The zero-order valence-electron chi connectivity index (χ0n) is 12.6. The maximum atomic E-state index is 12.3. The lowest BCUT2D eigenvalue weighted by atomic mass is 9.86. The third kappa shape index (κ3) is 3.88. The number of rotatable bonds is 5. The Morgan fingerprint density at radius 3 is 2.71 bits per heavy atom. The van der Waals surface area contributed by atoms with E-state index in [1.807, 2.05) is 0 Å². The monoisotopic (exact) mass is 293 g/mol. The molecule has 1 saturated carbocycles. The zero-order chi connectivity index (χ0) is 15.2. The van der Waals surface area contributed by atoms with E-state index in [1.54, 1.807) is 25.3 Å². The lowest BCUT2D eigenvalue weighted by molar-refractivity contribution is 0.0662. The molecule has 0 aliphatic heterocycles. The van der Waals surface area contributed by atoms with Crippen molar-refractivity contribution in [3.05, 3.63) is 23.8 Å². The lowest BCUT2D eigenvalue weighted by Crippen LogP contribution is -2.36. The van der Waals surface area contributed by atoms with E-state index >= 15 is 0 Å². The van der Waals surface area contributed by atoms with E-state index in [-0.39, 0.29) is 17.9 Å². The molecule has 0 saturated heterocycles. The van der Waals surface area contributed by atoms with Crippen molar-refractivity contribution in [1.29, 1.82) is 0 Å². The minimum atomic E-state index is -0.314. The van der Waals surface area contributed by atoms with Gasteiger partial charge in [0.05, 0.1) is 25.9 Å². The lowest BCUT2D eigenvalue weighted by Gasteiger charge is -2.27. The molecule has 2 unspecified atom stereocenters. The van der Waals surface area contributed by atoms with Gasteiger partial charge in [0, 0.05) is 12.5 Å². The summed E-state index contributed by atoms with van der Waals surface area (Å²) in [5.41, 5.74) is 0.446. The Bertz CT molecular complexity index is 489. The summed E-state index contributed by atoms with van der Waals surface area (Å²) in [5.74, 6) is 1.05. The van der Waals surface area contributed by atoms with Crippen LogP contribution in [0.3, 0.4) is 0 Å². The van der Waals surface area contributed by atoms with Crippen LogP contribution in [0.2, 0.25) is 0 Å². The number of ether oxygens (including phenoxy) is 2. The number of hydrogen-bond acceptors (Lipinski definition) is 4. The predicted molar refractivity (Wildman–Crippen MR) is 79.8 cm³/mol. The second-order valence-electron chi connectivity index (χ2n) is 5.39. The van der Waals surface area contributed by atoms with Crippen LogP contribution in [0.5, 0.6) is 11.5 Å². The third-order valence-electron chi connectivity index (χ3n) is 4.05. The predicted octanol–water partition coefficient (Wildman–Crippen LogP) is 1.98.